The molecule has 0 saturated carbocycles. The number of nitrogens with two attached hydrogens (primary N) is 2. The van der Waals surface area contributed by atoms with E-state index in [4.69, 9.17) is 21.4 Å². The normalized spacial score (nSPS) is 18.2. The van der Waals surface area contributed by atoms with E-state index in [1.54, 1.807) is 50.1 Å². The Hall–Kier alpha value is -5.68. The van der Waals surface area contributed by atoms with Crippen LogP contribution in [0.15, 0.2) is 42.3 Å². The molecule has 2 unspecified atom stereocenters. The van der Waals surface area contributed by atoms with E-state index in [1.165, 1.54) is 6.92 Å². The molecule has 266 valence electrons. The Morgan fingerprint density at radius 3 is 1.63 bits per heavy atom. The molecule has 0 aromatic carbocycles. The van der Waals surface area contributed by atoms with Crippen LogP contribution in [0, 0.1) is 0 Å². The molecular formula is C34H43N15O2. The van der Waals surface area contributed by atoms with E-state index >= 15 is 0 Å². The predicted octanol–water partition coefficient (Wildman–Crippen LogP) is 2.76. The summed E-state index contributed by atoms with van der Waals surface area (Å²) >= 11 is 0. The number of fused-ring (bicyclic) bond motifs is 2. The molecule has 8 heterocycles. The van der Waals surface area contributed by atoms with Crippen molar-refractivity contribution in [3.63, 3.8) is 0 Å². The van der Waals surface area contributed by atoms with E-state index < -0.39 is 0 Å². The molecule has 17 heteroatoms. The Labute approximate surface area is 293 Å². The molecule has 6 aromatic rings. The monoisotopic (exact) mass is 693 g/mol. The number of nitrogen functional groups attached to an aromatic ring is 2. The summed E-state index contributed by atoms with van der Waals surface area (Å²) in [6.07, 6.45) is 15.0. The first-order valence-electron chi connectivity index (χ1n) is 17.1. The number of nitrogens with zero attached hydrogens (tertiary/aromatic N) is 11. The second-order valence-corrected chi connectivity index (χ2v) is 13.2. The van der Waals surface area contributed by atoms with Crippen LogP contribution < -0.4 is 22.1 Å². The van der Waals surface area contributed by atoms with Gasteiger partial charge in [-0.15, -0.1) is 0 Å². The Morgan fingerprint density at radius 2 is 1.24 bits per heavy atom. The van der Waals surface area contributed by atoms with Gasteiger partial charge in [0, 0.05) is 73.7 Å². The largest absolute Gasteiger partial charge is 0.411 e. The molecule has 6 aromatic heterocycles. The van der Waals surface area contributed by atoms with E-state index in [0.29, 0.717) is 39.8 Å². The van der Waals surface area contributed by atoms with Crippen molar-refractivity contribution in [3.8, 4) is 22.3 Å². The van der Waals surface area contributed by atoms with Crippen LogP contribution >= 0.6 is 0 Å². The van der Waals surface area contributed by atoms with Crippen molar-refractivity contribution in [1.82, 2.24) is 59.4 Å². The van der Waals surface area contributed by atoms with Crippen molar-refractivity contribution in [1.29, 1.82) is 0 Å². The van der Waals surface area contributed by atoms with Gasteiger partial charge < -0.3 is 27.3 Å². The Balaban J connectivity index is 0.000000159. The molecule has 0 amide bonds. The van der Waals surface area contributed by atoms with Gasteiger partial charge in [-0.1, -0.05) is 5.16 Å². The molecule has 7 N–H and O–H groups in total. The van der Waals surface area contributed by atoms with Gasteiger partial charge in [-0.05, 0) is 52.6 Å². The summed E-state index contributed by atoms with van der Waals surface area (Å²) in [6, 6.07) is 0. The number of carbonyl (C=O) groups excluding carboxylic acids is 1. The van der Waals surface area contributed by atoms with Gasteiger partial charge in [0.2, 0.25) is 0 Å². The molecule has 0 spiro atoms. The van der Waals surface area contributed by atoms with Gasteiger partial charge in [0.15, 0.2) is 17.1 Å². The van der Waals surface area contributed by atoms with Gasteiger partial charge >= 0.3 is 0 Å². The highest BCUT2D eigenvalue weighted by molar-refractivity contribution is 6.04. The summed E-state index contributed by atoms with van der Waals surface area (Å²) in [5.74, 6) is 1.09. The zero-order chi connectivity index (χ0) is 35.8. The molecule has 2 aliphatic rings. The summed E-state index contributed by atoms with van der Waals surface area (Å²) in [7, 11) is 3.74. The van der Waals surface area contributed by atoms with Gasteiger partial charge in [0.1, 0.15) is 11.6 Å². The number of hydrogen-bond acceptors (Lipinski definition) is 13. The summed E-state index contributed by atoms with van der Waals surface area (Å²) in [5.41, 5.74) is 20.9. The molecule has 51 heavy (non-hydrogen) atoms. The third-order valence-corrected chi connectivity index (χ3v) is 9.68. The van der Waals surface area contributed by atoms with Gasteiger partial charge in [-0.25, -0.2) is 9.97 Å². The second kappa shape index (κ2) is 13.9. The first-order valence-corrected chi connectivity index (χ1v) is 17.1. The molecule has 2 fully saturated rings. The molecule has 8 rings (SSSR count). The number of anilines is 2. The molecule has 0 radical (unpaired) electrons. The second-order valence-electron chi connectivity index (χ2n) is 13.2. The number of Topliss-reactive ketones (excluding diaryl/α,β-unsaturated/α-hetero) is 1. The number of piperidine rings is 2. The number of aromatic nitrogens is 10. The number of ketones is 1. The van der Waals surface area contributed by atoms with Gasteiger partial charge in [-0.3, -0.25) is 14.2 Å². The van der Waals surface area contributed by atoms with Crippen LogP contribution in [0.3, 0.4) is 0 Å². The minimum absolute atomic E-state index is 0.0779. The van der Waals surface area contributed by atoms with E-state index in [0.717, 1.165) is 85.5 Å². The van der Waals surface area contributed by atoms with E-state index in [9.17, 15) is 10.0 Å². The molecule has 2 saturated heterocycles. The minimum atomic E-state index is -0.0779. The van der Waals surface area contributed by atoms with Crippen molar-refractivity contribution < 1.29 is 10.0 Å². The highest BCUT2D eigenvalue weighted by Gasteiger charge is 2.28. The lowest BCUT2D eigenvalue weighted by atomic mass is 9.91. The van der Waals surface area contributed by atoms with Crippen LogP contribution in [-0.4, -0.2) is 91.6 Å². The van der Waals surface area contributed by atoms with Crippen LogP contribution in [0.2, 0.25) is 0 Å². The van der Waals surface area contributed by atoms with Crippen molar-refractivity contribution in [2.45, 2.75) is 51.4 Å². The lowest BCUT2D eigenvalue weighted by molar-refractivity contribution is 0.101. The SMILES string of the molecule is CC(=NO)c1c(C2CCCNC2)nc2c(-c3cnn(C)c3)cnn2c1N.CC(=O)c1c(C2CCCNC2)nc2c(-c3cnn(C)c3)cnn2c1N. The molecule has 2 atom stereocenters. The van der Waals surface area contributed by atoms with Crippen molar-refractivity contribution in [3.05, 3.63) is 59.7 Å². The molecule has 2 aliphatic heterocycles. The highest BCUT2D eigenvalue weighted by atomic mass is 16.4. The summed E-state index contributed by atoms with van der Waals surface area (Å²) in [4.78, 5) is 22.0. The average molecular weight is 694 g/mol. The maximum Gasteiger partial charge on any atom is 0.165 e. The summed E-state index contributed by atoms with van der Waals surface area (Å²) < 4.78 is 6.63. The van der Waals surface area contributed by atoms with E-state index in [2.05, 4.69) is 36.2 Å². The smallest absolute Gasteiger partial charge is 0.165 e. The fourth-order valence-electron chi connectivity index (χ4n) is 7.14. The topological polar surface area (TPSA) is 222 Å². The van der Waals surface area contributed by atoms with Crippen LogP contribution in [0.1, 0.15) is 78.7 Å². The van der Waals surface area contributed by atoms with Crippen molar-refractivity contribution in [2.75, 3.05) is 37.6 Å². The number of carbonyl (C=O) groups is 1. The fourth-order valence-corrected chi connectivity index (χ4v) is 7.14. The average Bonchev–Trinajstić information content (AvgIpc) is 3.95. The lowest BCUT2D eigenvalue weighted by Gasteiger charge is -2.25. The number of aryl methyl sites for hydroxylation is 2. The van der Waals surface area contributed by atoms with Crippen molar-refractivity contribution >= 4 is 34.4 Å². The zero-order valence-corrected chi connectivity index (χ0v) is 29.2. The fraction of sp³-hybridized carbons (Fsp3) is 0.412. The van der Waals surface area contributed by atoms with E-state index in [1.807, 2.05) is 26.5 Å². The standard InChI is InChI=1S/C17H22N8O.C17H21N7O/c1-10(23-26)14-15(11-4-3-5-19-6-11)22-17-13(8-21-25(17)16(14)18)12-7-20-24(2)9-12;1-10(25)14-15(11-4-3-5-19-6-11)22-17-13(8-21-24(17)16(14)18)12-7-20-23(2)9-12/h7-9,11,19,26H,3-6,18H2,1-2H3;7-9,11,19H,3-6,18H2,1-2H3. The lowest BCUT2D eigenvalue weighted by Crippen LogP contribution is -2.30. The highest BCUT2D eigenvalue weighted by Crippen LogP contribution is 2.34. The van der Waals surface area contributed by atoms with Gasteiger partial charge in [-0.2, -0.15) is 29.4 Å². The molecule has 17 nitrogen and oxygen atoms in total. The molecular weight excluding hydrogens is 650 g/mol. The van der Waals surface area contributed by atoms with Crippen LogP contribution in [0.5, 0.6) is 0 Å². The minimum Gasteiger partial charge on any atom is -0.411 e. The van der Waals surface area contributed by atoms with Crippen LogP contribution in [0.25, 0.3) is 33.5 Å². The number of oxime groups is 1. The first-order chi connectivity index (χ1) is 24.7. The van der Waals surface area contributed by atoms with E-state index in [-0.39, 0.29) is 17.6 Å². The van der Waals surface area contributed by atoms with Gasteiger partial charge in [0.25, 0.3) is 0 Å². The van der Waals surface area contributed by atoms with Crippen molar-refractivity contribution in [2.24, 2.45) is 19.3 Å². The zero-order valence-electron chi connectivity index (χ0n) is 29.2. The maximum absolute atomic E-state index is 12.3. The Morgan fingerprint density at radius 1 is 0.765 bits per heavy atom. The predicted molar refractivity (Wildman–Crippen MR) is 193 cm³/mol. The van der Waals surface area contributed by atoms with Crippen LogP contribution in [-0.2, 0) is 14.1 Å². The summed E-state index contributed by atoms with van der Waals surface area (Å²) in [6.45, 7) is 6.89. The van der Waals surface area contributed by atoms with Crippen LogP contribution in [0.4, 0.5) is 11.6 Å². The number of rotatable bonds is 6. The third kappa shape index (κ3) is 6.29. The number of hydrogen-bond donors (Lipinski definition) is 5. The summed E-state index contributed by atoms with van der Waals surface area (Å²) in [5, 5.41) is 36.7. The Kier molecular flexibility index (Phi) is 9.22. The third-order valence-electron chi connectivity index (χ3n) is 9.68. The first kappa shape index (κ1) is 33.8. The van der Waals surface area contributed by atoms with Gasteiger partial charge in [0.05, 0.1) is 53.0 Å². The quantitative estimate of drug-likeness (QED) is 0.0736. The molecule has 0 aliphatic carbocycles. The maximum atomic E-state index is 12.3. The molecule has 0 bridgehead atoms. The Bertz CT molecular complexity index is 2250. The number of nitrogens with one attached hydrogen (secondary N) is 2.